The molecule has 0 saturated carbocycles. The van der Waals surface area contributed by atoms with E-state index in [1.165, 1.54) is 0 Å². The summed E-state index contributed by atoms with van der Waals surface area (Å²) in [6.07, 6.45) is 2.51. The Morgan fingerprint density at radius 2 is 2.12 bits per heavy atom. The molecule has 0 bridgehead atoms. The van der Waals surface area contributed by atoms with Gasteiger partial charge in [0.2, 0.25) is 0 Å². The lowest BCUT2D eigenvalue weighted by Crippen LogP contribution is -2.36. The van der Waals surface area contributed by atoms with Crippen LogP contribution in [-0.4, -0.2) is 28.9 Å². The number of guanidine groups is 1. The van der Waals surface area contributed by atoms with Crippen molar-refractivity contribution in [2.45, 2.75) is 33.7 Å². The van der Waals surface area contributed by atoms with E-state index in [0.29, 0.717) is 12.5 Å². The highest BCUT2D eigenvalue weighted by Crippen LogP contribution is 2.05. The normalized spacial score (nSPS) is 11.8. The van der Waals surface area contributed by atoms with Gasteiger partial charge in [-0.15, -0.1) is 0 Å². The van der Waals surface area contributed by atoms with Crippen LogP contribution in [0.25, 0.3) is 0 Å². The van der Waals surface area contributed by atoms with Crippen LogP contribution >= 0.6 is 0 Å². The van der Waals surface area contributed by atoms with Crippen LogP contribution in [0.3, 0.4) is 0 Å². The van der Waals surface area contributed by atoms with Gasteiger partial charge in [0.25, 0.3) is 0 Å². The summed E-state index contributed by atoms with van der Waals surface area (Å²) < 4.78 is 5.44. The largest absolute Gasteiger partial charge is 0.444 e. The molecule has 0 fully saturated rings. The van der Waals surface area contributed by atoms with E-state index in [0.717, 1.165) is 31.2 Å². The van der Waals surface area contributed by atoms with Crippen molar-refractivity contribution in [1.82, 2.24) is 9.88 Å². The molecule has 0 aliphatic carbocycles. The third-order valence-corrected chi connectivity index (χ3v) is 2.39. The van der Waals surface area contributed by atoms with Gasteiger partial charge < -0.3 is 15.1 Å². The van der Waals surface area contributed by atoms with Gasteiger partial charge in [0.05, 0.1) is 6.20 Å². The van der Waals surface area contributed by atoms with E-state index < -0.39 is 0 Å². The molecule has 16 heavy (non-hydrogen) atoms. The van der Waals surface area contributed by atoms with Gasteiger partial charge in [-0.2, -0.15) is 0 Å². The van der Waals surface area contributed by atoms with Crippen molar-refractivity contribution in [1.29, 1.82) is 0 Å². The predicted molar refractivity (Wildman–Crippen MR) is 64.1 cm³/mol. The quantitative estimate of drug-likeness (QED) is 0.606. The molecule has 1 aromatic heterocycles. The van der Waals surface area contributed by atoms with Crippen LogP contribution in [0.15, 0.2) is 15.6 Å². The first-order valence-corrected chi connectivity index (χ1v) is 5.69. The van der Waals surface area contributed by atoms with E-state index in [-0.39, 0.29) is 0 Å². The molecule has 0 radical (unpaired) electrons. The summed E-state index contributed by atoms with van der Waals surface area (Å²) in [6, 6.07) is 0. The van der Waals surface area contributed by atoms with Crippen LogP contribution in [0, 0.1) is 0 Å². The standard InChI is InChI=1S/C11H20N4O/c1-4-10-13-7-9(16-10)8-14-11(12)15(5-2)6-3/h7H,4-6,8H2,1-3H3,(H2,12,14). The third-order valence-electron chi connectivity index (χ3n) is 2.39. The predicted octanol–water partition coefficient (Wildman–Crippen LogP) is 1.39. The Labute approximate surface area is 96.4 Å². The van der Waals surface area contributed by atoms with Gasteiger partial charge in [0, 0.05) is 19.5 Å². The molecule has 0 amide bonds. The fraction of sp³-hybridized carbons (Fsp3) is 0.636. The second-order valence-electron chi connectivity index (χ2n) is 3.42. The zero-order valence-electron chi connectivity index (χ0n) is 10.2. The molecule has 0 aromatic carbocycles. The number of aromatic nitrogens is 1. The van der Waals surface area contributed by atoms with Gasteiger partial charge in [-0.3, -0.25) is 0 Å². The van der Waals surface area contributed by atoms with Crippen molar-refractivity contribution < 1.29 is 4.42 Å². The second-order valence-corrected chi connectivity index (χ2v) is 3.42. The minimum Gasteiger partial charge on any atom is -0.444 e. The molecule has 1 rings (SSSR count). The molecule has 0 aliphatic heterocycles. The molecule has 0 atom stereocenters. The monoisotopic (exact) mass is 224 g/mol. The lowest BCUT2D eigenvalue weighted by molar-refractivity contribution is 0.446. The molecular weight excluding hydrogens is 204 g/mol. The maximum atomic E-state index is 5.84. The van der Waals surface area contributed by atoms with Crippen molar-refractivity contribution in [3.63, 3.8) is 0 Å². The lowest BCUT2D eigenvalue weighted by Gasteiger charge is -2.18. The fourth-order valence-electron chi connectivity index (χ4n) is 1.39. The van der Waals surface area contributed by atoms with Gasteiger partial charge in [0.1, 0.15) is 12.3 Å². The van der Waals surface area contributed by atoms with E-state index in [1.54, 1.807) is 6.20 Å². The molecule has 90 valence electrons. The van der Waals surface area contributed by atoms with Gasteiger partial charge in [-0.05, 0) is 13.8 Å². The van der Waals surface area contributed by atoms with Crippen molar-refractivity contribution in [3.8, 4) is 0 Å². The summed E-state index contributed by atoms with van der Waals surface area (Å²) in [5.74, 6) is 2.05. The van der Waals surface area contributed by atoms with Crippen LogP contribution in [0.1, 0.15) is 32.4 Å². The van der Waals surface area contributed by atoms with Crippen LogP contribution in [0.4, 0.5) is 0 Å². The molecule has 5 heteroatoms. The first-order valence-electron chi connectivity index (χ1n) is 5.69. The van der Waals surface area contributed by atoms with Crippen LogP contribution in [-0.2, 0) is 13.0 Å². The molecular formula is C11H20N4O. The lowest BCUT2D eigenvalue weighted by atomic mass is 10.5. The zero-order chi connectivity index (χ0) is 12.0. The molecule has 0 unspecified atom stereocenters. The average molecular weight is 224 g/mol. The maximum absolute atomic E-state index is 5.84. The van der Waals surface area contributed by atoms with E-state index in [9.17, 15) is 0 Å². The van der Waals surface area contributed by atoms with Crippen LogP contribution < -0.4 is 5.73 Å². The number of oxazole rings is 1. The first kappa shape index (κ1) is 12.5. The number of hydrogen-bond acceptors (Lipinski definition) is 3. The summed E-state index contributed by atoms with van der Waals surface area (Å²) >= 11 is 0. The summed E-state index contributed by atoms with van der Waals surface area (Å²) in [4.78, 5) is 10.4. The number of aliphatic imine (C=N–C) groups is 1. The SMILES string of the molecule is CCc1ncc(CN=C(N)N(CC)CC)o1. The Hall–Kier alpha value is -1.52. The molecule has 1 aromatic rings. The van der Waals surface area contributed by atoms with Crippen LogP contribution in [0.2, 0.25) is 0 Å². The molecule has 1 heterocycles. The second kappa shape index (κ2) is 6.15. The van der Waals surface area contributed by atoms with Crippen LogP contribution in [0.5, 0.6) is 0 Å². The van der Waals surface area contributed by atoms with E-state index >= 15 is 0 Å². The van der Waals surface area contributed by atoms with Crippen molar-refractivity contribution in [2.75, 3.05) is 13.1 Å². The topological polar surface area (TPSA) is 67.7 Å². The summed E-state index contributed by atoms with van der Waals surface area (Å²) in [7, 11) is 0. The van der Waals surface area contributed by atoms with Crippen molar-refractivity contribution in [3.05, 3.63) is 17.8 Å². The molecule has 0 aliphatic rings. The molecule has 0 spiro atoms. The number of rotatable bonds is 5. The average Bonchev–Trinajstić information content (AvgIpc) is 2.76. The van der Waals surface area contributed by atoms with Gasteiger partial charge in [-0.25, -0.2) is 9.98 Å². The number of hydrogen-bond donors (Lipinski definition) is 1. The number of aryl methyl sites for hydroxylation is 1. The summed E-state index contributed by atoms with van der Waals surface area (Å²) in [5.41, 5.74) is 5.84. The fourth-order valence-corrected chi connectivity index (χ4v) is 1.39. The minimum absolute atomic E-state index is 0.454. The van der Waals surface area contributed by atoms with Crippen molar-refractivity contribution in [2.24, 2.45) is 10.7 Å². The van der Waals surface area contributed by atoms with Gasteiger partial charge in [-0.1, -0.05) is 6.92 Å². The number of nitrogens with zero attached hydrogens (tertiary/aromatic N) is 3. The molecule has 2 N–H and O–H groups in total. The van der Waals surface area contributed by atoms with E-state index in [4.69, 9.17) is 10.2 Å². The molecule has 5 nitrogen and oxygen atoms in total. The Morgan fingerprint density at radius 3 is 2.62 bits per heavy atom. The first-order chi connectivity index (χ1) is 7.71. The van der Waals surface area contributed by atoms with E-state index in [1.807, 2.05) is 11.8 Å². The minimum atomic E-state index is 0.454. The van der Waals surface area contributed by atoms with Crippen molar-refractivity contribution >= 4 is 5.96 Å². The van der Waals surface area contributed by atoms with E-state index in [2.05, 4.69) is 23.8 Å². The Kier molecular flexibility index (Phi) is 4.82. The summed E-state index contributed by atoms with van der Waals surface area (Å²) in [5, 5.41) is 0. The molecule has 0 saturated heterocycles. The highest BCUT2D eigenvalue weighted by molar-refractivity contribution is 5.77. The zero-order valence-corrected chi connectivity index (χ0v) is 10.2. The Bertz CT molecular complexity index is 342. The highest BCUT2D eigenvalue weighted by Gasteiger charge is 2.04. The Balaban J connectivity index is 2.57. The van der Waals surface area contributed by atoms with Gasteiger partial charge >= 0.3 is 0 Å². The van der Waals surface area contributed by atoms with Gasteiger partial charge in [0.15, 0.2) is 11.9 Å². The smallest absolute Gasteiger partial charge is 0.194 e. The highest BCUT2D eigenvalue weighted by atomic mass is 16.4. The number of nitrogens with two attached hydrogens (primary N) is 1. The summed E-state index contributed by atoms with van der Waals surface area (Å²) in [6.45, 7) is 8.29. The third kappa shape index (κ3) is 3.25. The Morgan fingerprint density at radius 1 is 1.44 bits per heavy atom. The maximum Gasteiger partial charge on any atom is 0.194 e.